The zero-order chi connectivity index (χ0) is 31.0. The number of nitrogens with zero attached hydrogens (tertiary/aromatic N) is 6. The molecule has 2 bridgehead atoms. The average Bonchev–Trinajstić information content (AvgIpc) is 3.69. The number of amides is 1. The number of piperazine rings is 1. The van der Waals surface area contributed by atoms with Gasteiger partial charge in [-0.05, 0) is 71.8 Å². The molecule has 5 aliphatic rings. The second kappa shape index (κ2) is 10.8. The third kappa shape index (κ3) is 5.31. The van der Waals surface area contributed by atoms with Gasteiger partial charge in [0.1, 0.15) is 28.4 Å². The molecule has 1 saturated carbocycles. The molecule has 13 heteroatoms. The minimum absolute atomic E-state index is 0.00110. The first kappa shape index (κ1) is 29.7. The number of fused-ring (bicyclic) bond motifs is 5. The Bertz CT molecular complexity index is 1500. The number of ether oxygens (including phenoxy) is 3. The predicted molar refractivity (Wildman–Crippen MR) is 160 cm³/mol. The molecule has 0 unspecified atom stereocenters. The molecule has 0 radical (unpaired) electrons. The van der Waals surface area contributed by atoms with Gasteiger partial charge in [-0.15, -0.1) is 0 Å². The number of halogens is 3. The van der Waals surface area contributed by atoms with Gasteiger partial charge in [-0.1, -0.05) is 11.6 Å². The summed E-state index contributed by atoms with van der Waals surface area (Å²) in [6.45, 7) is 10.9. The highest BCUT2D eigenvalue weighted by Crippen LogP contribution is 2.48. The standard InChI is InChI=1S/C31H39ClF2N6O4/c1-17-24-20-6-5-19(40(20)29(41)44-30(2,3)4)14-39(24)26-21-23(22(34)25(32)36-27(21)43-17)35-28(37-26)42-16-31(9-10-31)15-38-11-7-18(13-33)8-12-38/h13,17,19-20,24H,5-12,14-16H2,1-4H3/t17-,19+,20-,24+/m0/s1. The van der Waals surface area contributed by atoms with Crippen molar-refractivity contribution in [3.05, 3.63) is 22.9 Å². The van der Waals surface area contributed by atoms with E-state index >= 15 is 4.39 Å². The van der Waals surface area contributed by atoms with Crippen LogP contribution in [0.15, 0.2) is 11.9 Å². The van der Waals surface area contributed by atoms with E-state index in [0.717, 1.165) is 70.1 Å². The van der Waals surface area contributed by atoms with Crippen molar-refractivity contribution in [2.45, 2.75) is 96.1 Å². The zero-order valence-electron chi connectivity index (χ0n) is 25.6. The van der Waals surface area contributed by atoms with E-state index in [0.29, 0.717) is 24.4 Å². The Labute approximate surface area is 260 Å². The number of anilines is 1. The summed E-state index contributed by atoms with van der Waals surface area (Å²) in [5.41, 5.74) is 0.200. The Kier molecular flexibility index (Phi) is 7.31. The van der Waals surface area contributed by atoms with Gasteiger partial charge in [0.2, 0.25) is 5.88 Å². The maximum atomic E-state index is 15.6. The van der Waals surface area contributed by atoms with Gasteiger partial charge in [-0.3, -0.25) is 4.90 Å². The largest absolute Gasteiger partial charge is 0.472 e. The number of aromatic nitrogens is 3. The maximum Gasteiger partial charge on any atom is 0.410 e. The van der Waals surface area contributed by atoms with E-state index in [1.54, 1.807) is 0 Å². The molecular formula is C31H39ClF2N6O4. The molecule has 3 saturated heterocycles. The monoisotopic (exact) mass is 632 g/mol. The fourth-order valence-corrected chi connectivity index (χ4v) is 7.55. The second-order valence-corrected chi connectivity index (χ2v) is 14.4. The van der Waals surface area contributed by atoms with Crippen LogP contribution in [0.5, 0.6) is 11.9 Å². The Hall–Kier alpha value is -2.99. The number of hydrogen-bond acceptors (Lipinski definition) is 9. The number of hydrogen-bond donors (Lipinski definition) is 0. The molecule has 0 spiro atoms. The number of rotatable bonds is 5. The van der Waals surface area contributed by atoms with Crippen molar-refractivity contribution in [3.63, 3.8) is 0 Å². The highest BCUT2D eigenvalue weighted by atomic mass is 35.5. The molecule has 1 amide bonds. The van der Waals surface area contributed by atoms with E-state index in [9.17, 15) is 9.18 Å². The predicted octanol–water partition coefficient (Wildman–Crippen LogP) is 5.66. The van der Waals surface area contributed by atoms with Gasteiger partial charge in [0, 0.05) is 31.6 Å². The first-order valence-corrected chi connectivity index (χ1v) is 16.0. The van der Waals surface area contributed by atoms with Crippen molar-refractivity contribution in [2.75, 3.05) is 37.7 Å². The summed E-state index contributed by atoms with van der Waals surface area (Å²) in [5.74, 6) is -0.111. The van der Waals surface area contributed by atoms with Gasteiger partial charge < -0.3 is 24.0 Å². The van der Waals surface area contributed by atoms with Crippen LogP contribution in [0.25, 0.3) is 10.9 Å². The lowest BCUT2D eigenvalue weighted by Gasteiger charge is -2.48. The Morgan fingerprint density at radius 3 is 2.61 bits per heavy atom. The number of pyridine rings is 1. The van der Waals surface area contributed by atoms with E-state index < -0.39 is 17.5 Å². The zero-order valence-corrected chi connectivity index (χ0v) is 26.4. The lowest BCUT2D eigenvalue weighted by molar-refractivity contribution is 0.000936. The molecule has 6 heterocycles. The van der Waals surface area contributed by atoms with Crippen LogP contribution in [-0.4, -0.2) is 93.5 Å². The van der Waals surface area contributed by atoms with Crippen molar-refractivity contribution in [2.24, 2.45) is 5.41 Å². The van der Waals surface area contributed by atoms with Gasteiger partial charge in [0.25, 0.3) is 0 Å². The van der Waals surface area contributed by atoms with Gasteiger partial charge in [0.15, 0.2) is 11.0 Å². The third-order valence-corrected chi connectivity index (χ3v) is 9.96. The van der Waals surface area contributed by atoms with Gasteiger partial charge >= 0.3 is 12.1 Å². The summed E-state index contributed by atoms with van der Waals surface area (Å²) < 4.78 is 46.9. The topological polar surface area (TPSA) is 93.2 Å². The van der Waals surface area contributed by atoms with Crippen LogP contribution >= 0.6 is 11.6 Å². The highest BCUT2D eigenvalue weighted by Gasteiger charge is 2.54. The third-order valence-electron chi connectivity index (χ3n) is 9.71. The molecule has 4 atom stereocenters. The number of carbonyl (C=O) groups is 1. The van der Waals surface area contributed by atoms with Crippen LogP contribution in [0.3, 0.4) is 0 Å². The SMILES string of the molecule is C[C@@H]1Oc2nc(Cl)c(F)c3nc(OCC4(CN5CCC(=CF)CC5)CC4)nc(c23)N2C[C@H]3CC[C@@H]([C@@H]12)N3C(=O)OC(C)(C)C. The second-order valence-electron chi connectivity index (χ2n) is 14.1. The van der Waals surface area contributed by atoms with Crippen molar-refractivity contribution in [1.29, 1.82) is 0 Å². The van der Waals surface area contributed by atoms with Crippen LogP contribution in [0.1, 0.15) is 66.2 Å². The molecular weight excluding hydrogens is 594 g/mol. The first-order valence-electron chi connectivity index (χ1n) is 15.6. The Balaban J connectivity index is 1.19. The van der Waals surface area contributed by atoms with Gasteiger partial charge in [-0.2, -0.15) is 15.0 Å². The number of carbonyl (C=O) groups excluding carboxylic acids is 1. The van der Waals surface area contributed by atoms with E-state index in [1.165, 1.54) is 0 Å². The van der Waals surface area contributed by atoms with Crippen molar-refractivity contribution in [1.82, 2.24) is 24.8 Å². The lowest BCUT2D eigenvalue weighted by atomic mass is 9.98. The van der Waals surface area contributed by atoms with Crippen LogP contribution in [0.2, 0.25) is 5.15 Å². The van der Waals surface area contributed by atoms with E-state index in [4.69, 9.17) is 30.8 Å². The van der Waals surface area contributed by atoms with Crippen molar-refractivity contribution < 1.29 is 27.8 Å². The summed E-state index contributed by atoms with van der Waals surface area (Å²) in [6, 6.07) is -0.524. The molecule has 1 aliphatic carbocycles. The number of piperidine rings is 1. The van der Waals surface area contributed by atoms with Gasteiger partial charge in [0.05, 0.1) is 31.1 Å². The smallest absolute Gasteiger partial charge is 0.410 e. The summed E-state index contributed by atoms with van der Waals surface area (Å²) in [5, 5.41) is 0.0161. The van der Waals surface area contributed by atoms with E-state index in [2.05, 4.69) is 19.8 Å². The fourth-order valence-electron chi connectivity index (χ4n) is 7.38. The molecule has 4 fully saturated rings. The minimum atomic E-state index is -0.754. The normalized spacial score (nSPS) is 27.5. The maximum absolute atomic E-state index is 15.6. The molecule has 2 aromatic rings. The molecule has 238 valence electrons. The van der Waals surface area contributed by atoms with Crippen LogP contribution in [0.4, 0.5) is 19.4 Å². The molecule has 4 aliphatic heterocycles. The summed E-state index contributed by atoms with van der Waals surface area (Å²) >= 11 is 6.25. The molecule has 2 aromatic heterocycles. The van der Waals surface area contributed by atoms with Crippen molar-refractivity contribution in [3.8, 4) is 11.9 Å². The quantitative estimate of drug-likeness (QED) is 0.387. The minimum Gasteiger partial charge on any atom is -0.472 e. The van der Waals surface area contributed by atoms with Crippen molar-refractivity contribution >= 4 is 34.4 Å². The summed E-state index contributed by atoms with van der Waals surface area (Å²) in [7, 11) is 0. The number of likely N-dealkylation sites (tertiary alicyclic amines) is 1. The van der Waals surface area contributed by atoms with E-state index in [1.807, 2.05) is 32.6 Å². The summed E-state index contributed by atoms with van der Waals surface area (Å²) in [6.07, 6.45) is 5.05. The molecule has 0 aromatic carbocycles. The Morgan fingerprint density at radius 1 is 1.18 bits per heavy atom. The molecule has 10 nitrogen and oxygen atoms in total. The fraction of sp³-hybridized carbons (Fsp3) is 0.677. The summed E-state index contributed by atoms with van der Waals surface area (Å²) in [4.78, 5) is 33.3. The van der Waals surface area contributed by atoms with Crippen LogP contribution < -0.4 is 14.4 Å². The highest BCUT2D eigenvalue weighted by molar-refractivity contribution is 6.30. The molecule has 0 N–H and O–H groups in total. The van der Waals surface area contributed by atoms with Crippen LogP contribution in [0, 0.1) is 11.2 Å². The average molecular weight is 633 g/mol. The molecule has 44 heavy (non-hydrogen) atoms. The lowest BCUT2D eigenvalue weighted by Crippen LogP contribution is -2.65. The Morgan fingerprint density at radius 2 is 1.93 bits per heavy atom. The molecule has 7 rings (SSSR count). The first-order chi connectivity index (χ1) is 20.9. The van der Waals surface area contributed by atoms with Gasteiger partial charge in [-0.25, -0.2) is 13.6 Å². The van der Waals surface area contributed by atoms with E-state index in [-0.39, 0.29) is 52.2 Å². The van der Waals surface area contributed by atoms with Crippen LogP contribution in [-0.2, 0) is 4.74 Å².